The maximum Gasteiger partial charge on any atom is 0.338 e. The van der Waals surface area contributed by atoms with Crippen molar-refractivity contribution >= 4 is 17.3 Å². The molecule has 6 nitrogen and oxygen atoms in total. The largest absolute Gasteiger partial charge is 0.478 e. The summed E-state index contributed by atoms with van der Waals surface area (Å²) >= 11 is 0. The van der Waals surface area contributed by atoms with Gasteiger partial charge >= 0.3 is 5.97 Å². The van der Waals surface area contributed by atoms with Crippen molar-refractivity contribution in [1.29, 1.82) is 0 Å². The van der Waals surface area contributed by atoms with E-state index in [1.807, 2.05) is 18.7 Å². The van der Waals surface area contributed by atoms with Crippen LogP contribution in [0.15, 0.2) is 18.2 Å². The Morgan fingerprint density at radius 3 is 2.63 bits per heavy atom. The molecule has 1 aliphatic heterocycles. The lowest BCUT2D eigenvalue weighted by Crippen LogP contribution is -2.39. The molecule has 6 heteroatoms. The molecule has 1 aromatic carbocycles. The highest BCUT2D eigenvalue weighted by Gasteiger charge is 2.34. The molecule has 0 radical (unpaired) electrons. The molecule has 1 N–H and O–H groups in total. The average Bonchev–Trinajstić information content (AvgIpc) is 2.67. The van der Waals surface area contributed by atoms with Crippen molar-refractivity contribution in [2.45, 2.75) is 32.2 Å². The van der Waals surface area contributed by atoms with E-state index in [4.69, 9.17) is 0 Å². The fourth-order valence-corrected chi connectivity index (χ4v) is 2.60. The minimum absolute atomic E-state index is 0.0100. The zero-order chi connectivity index (χ0) is 14.2. The first-order valence-electron chi connectivity index (χ1n) is 6.12. The zero-order valence-electron chi connectivity index (χ0n) is 10.9. The third-order valence-electron chi connectivity index (χ3n) is 3.61. The summed E-state index contributed by atoms with van der Waals surface area (Å²) in [4.78, 5) is 23.5. The van der Waals surface area contributed by atoms with Crippen molar-refractivity contribution < 1.29 is 14.8 Å². The van der Waals surface area contributed by atoms with Crippen LogP contribution in [0.5, 0.6) is 0 Å². The first-order valence-corrected chi connectivity index (χ1v) is 6.12. The fourth-order valence-electron chi connectivity index (χ4n) is 2.60. The Morgan fingerprint density at radius 2 is 2.16 bits per heavy atom. The number of carboxylic acids is 1. The number of nitro benzene ring substituents is 1. The van der Waals surface area contributed by atoms with Crippen LogP contribution in [-0.2, 0) is 0 Å². The van der Waals surface area contributed by atoms with Gasteiger partial charge in [-0.25, -0.2) is 4.79 Å². The van der Waals surface area contributed by atoms with Gasteiger partial charge < -0.3 is 10.0 Å². The fraction of sp³-hybridized carbons (Fsp3) is 0.462. The quantitative estimate of drug-likeness (QED) is 0.670. The Hall–Kier alpha value is -2.11. The highest BCUT2D eigenvalue weighted by molar-refractivity contribution is 5.95. The third-order valence-corrected chi connectivity index (χ3v) is 3.61. The summed E-state index contributed by atoms with van der Waals surface area (Å²) in [5, 5.41) is 20.0. The number of carboxylic acid groups (broad SMARTS) is 1. The number of anilines is 1. The maximum atomic E-state index is 11.3. The minimum atomic E-state index is -1.14. The molecular formula is C13H16N2O4. The molecule has 0 aliphatic carbocycles. The molecule has 1 heterocycles. The summed E-state index contributed by atoms with van der Waals surface area (Å²) in [6.07, 6.45) is 1.96. The van der Waals surface area contributed by atoms with Gasteiger partial charge in [-0.1, -0.05) is 0 Å². The molecule has 1 aromatic rings. The minimum Gasteiger partial charge on any atom is -0.478 e. The van der Waals surface area contributed by atoms with Gasteiger partial charge in [-0.3, -0.25) is 10.1 Å². The molecule has 0 aromatic heterocycles. The second kappa shape index (κ2) is 4.53. The van der Waals surface area contributed by atoms with Crippen LogP contribution in [0.4, 0.5) is 11.4 Å². The van der Waals surface area contributed by atoms with Gasteiger partial charge in [0.25, 0.3) is 5.69 Å². The van der Waals surface area contributed by atoms with Crippen LogP contribution in [0, 0.1) is 10.1 Å². The summed E-state index contributed by atoms with van der Waals surface area (Å²) in [7, 11) is 0. The number of hydrogen-bond donors (Lipinski definition) is 1. The van der Waals surface area contributed by atoms with Crippen molar-refractivity contribution in [1.82, 2.24) is 0 Å². The van der Waals surface area contributed by atoms with Gasteiger partial charge in [0.15, 0.2) is 0 Å². The number of nitro groups is 1. The summed E-state index contributed by atoms with van der Waals surface area (Å²) < 4.78 is 0. The van der Waals surface area contributed by atoms with Crippen LogP contribution in [0.3, 0.4) is 0 Å². The number of hydrogen-bond acceptors (Lipinski definition) is 4. The molecule has 0 saturated carbocycles. The van der Waals surface area contributed by atoms with Crippen LogP contribution in [-0.4, -0.2) is 28.1 Å². The molecule has 0 amide bonds. The number of nitrogens with zero attached hydrogens (tertiary/aromatic N) is 2. The van der Waals surface area contributed by atoms with Crippen molar-refractivity contribution in [3.05, 3.63) is 33.9 Å². The van der Waals surface area contributed by atoms with Crippen molar-refractivity contribution in [3.63, 3.8) is 0 Å². The van der Waals surface area contributed by atoms with Crippen molar-refractivity contribution in [2.75, 3.05) is 11.4 Å². The Labute approximate surface area is 110 Å². The van der Waals surface area contributed by atoms with E-state index in [1.54, 1.807) is 0 Å². The molecule has 1 aliphatic rings. The molecule has 19 heavy (non-hydrogen) atoms. The zero-order valence-corrected chi connectivity index (χ0v) is 10.9. The lowest BCUT2D eigenvalue weighted by molar-refractivity contribution is -0.384. The highest BCUT2D eigenvalue weighted by Crippen LogP contribution is 2.36. The van der Waals surface area contributed by atoms with Crippen molar-refractivity contribution in [3.8, 4) is 0 Å². The summed E-state index contributed by atoms with van der Waals surface area (Å²) in [6, 6.07) is 4.02. The smallest absolute Gasteiger partial charge is 0.338 e. The molecule has 0 unspecified atom stereocenters. The maximum absolute atomic E-state index is 11.3. The normalized spacial score (nSPS) is 17.5. The van der Waals surface area contributed by atoms with E-state index in [0.29, 0.717) is 5.69 Å². The molecular weight excluding hydrogens is 248 g/mol. The van der Waals surface area contributed by atoms with E-state index < -0.39 is 10.9 Å². The predicted molar refractivity (Wildman–Crippen MR) is 70.7 cm³/mol. The van der Waals surface area contributed by atoms with Crippen LogP contribution in [0.25, 0.3) is 0 Å². The molecule has 1 fully saturated rings. The Bertz CT molecular complexity index is 539. The Morgan fingerprint density at radius 1 is 1.47 bits per heavy atom. The van der Waals surface area contributed by atoms with Gasteiger partial charge in [-0.2, -0.15) is 0 Å². The second-order valence-electron chi connectivity index (χ2n) is 5.33. The predicted octanol–water partition coefficient (Wildman–Crippen LogP) is 2.67. The lowest BCUT2D eigenvalue weighted by Gasteiger charge is -2.34. The number of carbonyl (C=O) groups is 1. The first-order chi connectivity index (χ1) is 8.83. The van der Waals surface area contributed by atoms with Gasteiger partial charge in [0.05, 0.1) is 16.2 Å². The van der Waals surface area contributed by atoms with Gasteiger partial charge in [-0.05, 0) is 32.8 Å². The molecule has 0 spiro atoms. The SMILES string of the molecule is CC1(C)CCCN1c1ccc([N+](=O)[O-])cc1C(=O)O. The monoisotopic (exact) mass is 264 g/mol. The van der Waals surface area contributed by atoms with Crippen molar-refractivity contribution in [2.24, 2.45) is 0 Å². The number of aromatic carboxylic acids is 1. The molecule has 0 bridgehead atoms. The van der Waals surface area contributed by atoms with Gasteiger partial charge in [0.1, 0.15) is 0 Å². The summed E-state index contributed by atoms with van der Waals surface area (Å²) in [5.41, 5.74) is 0.225. The summed E-state index contributed by atoms with van der Waals surface area (Å²) in [5.74, 6) is -1.14. The van der Waals surface area contributed by atoms with Gasteiger partial charge in [0, 0.05) is 24.2 Å². The second-order valence-corrected chi connectivity index (χ2v) is 5.33. The van der Waals surface area contributed by atoms with E-state index in [2.05, 4.69) is 0 Å². The molecule has 102 valence electrons. The van der Waals surface area contributed by atoms with Crippen LogP contribution >= 0.6 is 0 Å². The highest BCUT2D eigenvalue weighted by atomic mass is 16.6. The molecule has 0 atom stereocenters. The molecule has 1 saturated heterocycles. The topological polar surface area (TPSA) is 83.7 Å². The standard InChI is InChI=1S/C13H16N2O4/c1-13(2)6-3-7-14(13)11-5-4-9(15(18)19)8-10(11)12(16)17/h4-5,8H,3,6-7H2,1-2H3,(H,16,17). The van der Waals surface area contributed by atoms with Crippen LogP contribution < -0.4 is 4.90 Å². The lowest BCUT2D eigenvalue weighted by atomic mass is 10.0. The number of benzene rings is 1. The van der Waals surface area contributed by atoms with Gasteiger partial charge in [0.2, 0.25) is 0 Å². The van der Waals surface area contributed by atoms with E-state index in [1.165, 1.54) is 12.1 Å². The Kier molecular flexibility index (Phi) is 3.18. The van der Waals surface area contributed by atoms with E-state index in [-0.39, 0.29) is 16.8 Å². The Balaban J connectivity index is 2.51. The first kappa shape index (κ1) is 13.3. The number of non-ortho nitro benzene ring substituents is 1. The number of rotatable bonds is 3. The van der Waals surface area contributed by atoms with E-state index in [0.717, 1.165) is 25.5 Å². The van der Waals surface area contributed by atoms with Crippen LogP contribution in [0.2, 0.25) is 0 Å². The third kappa shape index (κ3) is 2.38. The van der Waals surface area contributed by atoms with E-state index >= 15 is 0 Å². The van der Waals surface area contributed by atoms with Gasteiger partial charge in [-0.15, -0.1) is 0 Å². The summed E-state index contributed by atoms with van der Waals surface area (Å²) in [6.45, 7) is 4.87. The molecule has 2 rings (SSSR count). The van der Waals surface area contributed by atoms with E-state index in [9.17, 15) is 20.0 Å². The average molecular weight is 264 g/mol. The van der Waals surface area contributed by atoms with Crippen LogP contribution in [0.1, 0.15) is 37.0 Å².